The summed E-state index contributed by atoms with van der Waals surface area (Å²) in [5, 5.41) is 3.33. The molecule has 0 aromatic heterocycles. The molecule has 2 atom stereocenters. The van der Waals surface area contributed by atoms with Gasteiger partial charge in [0.05, 0.1) is 0 Å². The molecule has 18 heavy (non-hydrogen) atoms. The quantitative estimate of drug-likeness (QED) is 0.855. The molecule has 1 aliphatic rings. The van der Waals surface area contributed by atoms with Gasteiger partial charge in [-0.25, -0.2) is 12.8 Å². The van der Waals surface area contributed by atoms with Crippen molar-refractivity contribution in [3.63, 3.8) is 0 Å². The first-order chi connectivity index (χ1) is 8.36. The molecule has 0 aliphatic carbocycles. The molecule has 4 nitrogen and oxygen atoms in total. The Labute approximate surface area is 116 Å². The Kier molecular flexibility index (Phi) is 8.26. The lowest BCUT2D eigenvalue weighted by molar-refractivity contribution is 0.223. The Morgan fingerprint density at radius 2 is 1.83 bits per heavy atom. The molecule has 0 amide bonds. The second kappa shape index (κ2) is 8.25. The Morgan fingerprint density at radius 1 is 1.28 bits per heavy atom. The van der Waals surface area contributed by atoms with E-state index in [0.717, 1.165) is 26.1 Å². The van der Waals surface area contributed by atoms with Crippen LogP contribution in [0.2, 0.25) is 0 Å². The summed E-state index contributed by atoms with van der Waals surface area (Å²) in [5.74, 6) is 0. The number of nitrogens with zero attached hydrogens (tertiary/aromatic N) is 2. The molecule has 1 saturated heterocycles. The van der Waals surface area contributed by atoms with Crippen LogP contribution in [0.3, 0.4) is 0 Å². The average Bonchev–Trinajstić information content (AvgIpc) is 2.32. The van der Waals surface area contributed by atoms with Gasteiger partial charge in [-0.3, -0.25) is 0 Å². The lowest BCUT2D eigenvalue weighted by Gasteiger charge is -2.38. The molecular formula is C13H31N3OS. The van der Waals surface area contributed by atoms with E-state index in [-0.39, 0.29) is 5.41 Å². The van der Waals surface area contributed by atoms with Crippen LogP contribution in [0.5, 0.6) is 0 Å². The minimum atomic E-state index is -0.953. The highest BCUT2D eigenvalue weighted by Crippen LogP contribution is 2.21. The molecule has 110 valence electrons. The van der Waals surface area contributed by atoms with E-state index in [1.165, 1.54) is 0 Å². The highest BCUT2D eigenvalue weighted by molar-refractivity contribution is 7.80. The number of hydrogen-bond acceptors (Lipinski definition) is 2. The van der Waals surface area contributed by atoms with Gasteiger partial charge >= 0.3 is 0 Å². The Balaban J connectivity index is 0.00000137. The molecule has 1 fully saturated rings. The van der Waals surface area contributed by atoms with Crippen LogP contribution in [0, 0.1) is 5.41 Å². The van der Waals surface area contributed by atoms with Crippen molar-refractivity contribution in [2.45, 2.75) is 47.1 Å². The molecule has 1 rings (SSSR count). The second-order valence-electron chi connectivity index (χ2n) is 5.53. The van der Waals surface area contributed by atoms with E-state index in [0.29, 0.717) is 6.04 Å². The summed E-state index contributed by atoms with van der Waals surface area (Å²) >= 11 is -0.953. The third kappa shape index (κ3) is 5.34. The fourth-order valence-corrected chi connectivity index (χ4v) is 3.22. The maximum Gasteiger partial charge on any atom is 0.172 e. The van der Waals surface area contributed by atoms with Crippen LogP contribution in [-0.2, 0) is 11.2 Å². The van der Waals surface area contributed by atoms with Crippen molar-refractivity contribution in [2.75, 3.05) is 33.7 Å². The van der Waals surface area contributed by atoms with Crippen LogP contribution in [0.4, 0.5) is 0 Å². The summed E-state index contributed by atoms with van der Waals surface area (Å²) in [7, 11) is 3.90. The van der Waals surface area contributed by atoms with E-state index in [9.17, 15) is 4.21 Å². The van der Waals surface area contributed by atoms with Gasteiger partial charge in [0.15, 0.2) is 11.2 Å². The summed E-state index contributed by atoms with van der Waals surface area (Å²) in [4.78, 5) is 0. The fourth-order valence-electron chi connectivity index (χ4n) is 1.98. The van der Waals surface area contributed by atoms with E-state index in [4.69, 9.17) is 0 Å². The second-order valence-corrected chi connectivity index (χ2v) is 7.13. The highest BCUT2D eigenvalue weighted by Gasteiger charge is 2.30. The van der Waals surface area contributed by atoms with Crippen LogP contribution >= 0.6 is 0 Å². The van der Waals surface area contributed by atoms with Crippen molar-refractivity contribution in [2.24, 2.45) is 5.41 Å². The number of rotatable bonds is 3. The molecule has 0 spiro atoms. The molecule has 0 aromatic carbocycles. The van der Waals surface area contributed by atoms with Gasteiger partial charge in [0.25, 0.3) is 0 Å². The van der Waals surface area contributed by atoms with Crippen LogP contribution in [0.1, 0.15) is 41.0 Å². The molecule has 1 aliphatic heterocycles. The summed E-state index contributed by atoms with van der Waals surface area (Å²) in [5.41, 5.74) is 0.189. The monoisotopic (exact) mass is 277 g/mol. The van der Waals surface area contributed by atoms with E-state index >= 15 is 0 Å². The standard InChI is InChI=1S/C11H25N3OS.C2H6/c1-11(2,3)10(12-4)9-14-8-6-7-13(5)16(14)15;1-2/h10,12H,6-9H2,1-5H3;1-2H3. The van der Waals surface area contributed by atoms with Crippen molar-refractivity contribution < 1.29 is 4.21 Å². The minimum absolute atomic E-state index is 0.189. The Morgan fingerprint density at radius 3 is 2.28 bits per heavy atom. The predicted molar refractivity (Wildman–Crippen MR) is 80.6 cm³/mol. The Bertz CT molecular complexity index is 253. The lowest BCUT2D eigenvalue weighted by atomic mass is 9.87. The van der Waals surface area contributed by atoms with Gasteiger partial charge in [-0.15, -0.1) is 0 Å². The topological polar surface area (TPSA) is 35.6 Å². The molecule has 0 aromatic rings. The largest absolute Gasteiger partial charge is 0.315 e. The number of nitrogens with one attached hydrogen (secondary N) is 1. The van der Waals surface area contributed by atoms with E-state index in [1.807, 2.05) is 32.2 Å². The zero-order valence-electron chi connectivity index (χ0n) is 13.1. The first kappa shape index (κ1) is 18.0. The third-order valence-electron chi connectivity index (χ3n) is 3.15. The van der Waals surface area contributed by atoms with Crippen LogP contribution < -0.4 is 5.32 Å². The molecule has 0 bridgehead atoms. The van der Waals surface area contributed by atoms with Gasteiger partial charge in [-0.05, 0) is 18.9 Å². The SMILES string of the molecule is CC.CNC(CN1CCCN(C)S1=O)C(C)(C)C. The Hall–Kier alpha value is 0.0300. The van der Waals surface area contributed by atoms with Gasteiger partial charge < -0.3 is 5.32 Å². The smallest absolute Gasteiger partial charge is 0.172 e. The normalized spacial score (nSPS) is 24.3. The molecule has 1 N–H and O–H groups in total. The van der Waals surface area contributed by atoms with Gasteiger partial charge in [0, 0.05) is 32.7 Å². The summed E-state index contributed by atoms with van der Waals surface area (Å²) in [6.07, 6.45) is 1.10. The van der Waals surface area contributed by atoms with Crippen LogP contribution in [0.15, 0.2) is 0 Å². The van der Waals surface area contributed by atoms with Crippen LogP contribution in [-0.4, -0.2) is 52.6 Å². The first-order valence-electron chi connectivity index (χ1n) is 6.91. The van der Waals surface area contributed by atoms with Crippen molar-refractivity contribution in [3.05, 3.63) is 0 Å². The average molecular weight is 277 g/mol. The molecule has 5 heteroatoms. The van der Waals surface area contributed by atoms with Crippen molar-refractivity contribution >= 4 is 11.2 Å². The van der Waals surface area contributed by atoms with Gasteiger partial charge in [0.1, 0.15) is 0 Å². The predicted octanol–water partition coefficient (Wildman–Crippen LogP) is 1.86. The third-order valence-corrected chi connectivity index (χ3v) is 4.64. The van der Waals surface area contributed by atoms with E-state index in [1.54, 1.807) is 0 Å². The molecule has 0 radical (unpaired) electrons. The van der Waals surface area contributed by atoms with Crippen LogP contribution in [0.25, 0.3) is 0 Å². The number of likely N-dealkylation sites (N-methyl/N-ethyl adjacent to an activating group) is 1. The molecule has 2 unspecified atom stereocenters. The summed E-state index contributed by atoms with van der Waals surface area (Å²) in [6.45, 7) is 13.4. The van der Waals surface area contributed by atoms with Gasteiger partial charge in [-0.1, -0.05) is 34.6 Å². The fraction of sp³-hybridized carbons (Fsp3) is 1.00. The van der Waals surface area contributed by atoms with E-state index in [2.05, 4.69) is 30.4 Å². The summed E-state index contributed by atoms with van der Waals surface area (Å²) in [6, 6.07) is 0.364. The van der Waals surface area contributed by atoms with Gasteiger partial charge in [-0.2, -0.15) is 0 Å². The molecule has 0 saturated carbocycles. The zero-order chi connectivity index (χ0) is 14.3. The molecular weight excluding hydrogens is 246 g/mol. The lowest BCUT2D eigenvalue weighted by Crippen LogP contribution is -2.52. The van der Waals surface area contributed by atoms with Crippen molar-refractivity contribution in [1.82, 2.24) is 13.9 Å². The van der Waals surface area contributed by atoms with Gasteiger partial charge in [0.2, 0.25) is 0 Å². The maximum absolute atomic E-state index is 12.0. The summed E-state index contributed by atoms with van der Waals surface area (Å²) < 4.78 is 16.0. The van der Waals surface area contributed by atoms with Crippen molar-refractivity contribution in [1.29, 1.82) is 0 Å². The maximum atomic E-state index is 12.0. The highest BCUT2D eigenvalue weighted by atomic mass is 32.2. The number of hydrogen-bond donors (Lipinski definition) is 1. The molecule has 1 heterocycles. The zero-order valence-corrected chi connectivity index (χ0v) is 13.9. The van der Waals surface area contributed by atoms with E-state index < -0.39 is 11.2 Å². The first-order valence-corrected chi connectivity index (χ1v) is 7.98. The minimum Gasteiger partial charge on any atom is -0.315 e. The van der Waals surface area contributed by atoms with Crippen molar-refractivity contribution in [3.8, 4) is 0 Å².